The van der Waals surface area contributed by atoms with Crippen molar-refractivity contribution in [3.05, 3.63) is 0 Å². The molecule has 9 heavy (non-hydrogen) atoms. The molecular weight excluding hydrogens is 128 g/mol. The van der Waals surface area contributed by atoms with Crippen LogP contribution in [0.2, 0.25) is 19.6 Å². The summed E-state index contributed by atoms with van der Waals surface area (Å²) >= 11 is 0. The van der Waals surface area contributed by atoms with E-state index in [2.05, 4.69) is 19.6 Å². The molecule has 0 saturated heterocycles. The summed E-state index contributed by atoms with van der Waals surface area (Å²) < 4.78 is 0. The Hall–Kier alpha value is 0.137. The second-order valence-corrected chi connectivity index (χ2v) is 9.02. The molecule has 3 heteroatoms. The molecule has 0 aromatic rings. The molecule has 0 aliphatic rings. The summed E-state index contributed by atoms with van der Waals surface area (Å²) in [6.07, 6.45) is 0.982. The summed E-state index contributed by atoms with van der Waals surface area (Å²) in [5.74, 6) is 0. The Bertz CT molecular complexity index is 77.6. The first-order chi connectivity index (χ1) is 3.98. The Morgan fingerprint density at radius 2 is 1.78 bits per heavy atom. The van der Waals surface area contributed by atoms with Gasteiger partial charge in [0.05, 0.1) is 8.07 Å². The van der Waals surface area contributed by atoms with Crippen LogP contribution >= 0.6 is 0 Å². The van der Waals surface area contributed by atoms with Gasteiger partial charge in [0.25, 0.3) is 0 Å². The van der Waals surface area contributed by atoms with E-state index in [1.807, 2.05) is 0 Å². The highest BCUT2D eigenvalue weighted by Gasteiger charge is 2.21. The maximum atomic E-state index is 5.84. The van der Waals surface area contributed by atoms with E-state index in [9.17, 15) is 0 Å². The van der Waals surface area contributed by atoms with Gasteiger partial charge in [-0.1, -0.05) is 19.6 Å². The highest BCUT2D eigenvalue weighted by molar-refractivity contribution is 6.77. The van der Waals surface area contributed by atoms with Crippen LogP contribution in [0.1, 0.15) is 6.42 Å². The third-order valence-electron chi connectivity index (χ3n) is 1.59. The second kappa shape index (κ2) is 3.34. The predicted molar refractivity (Wildman–Crippen MR) is 45.0 cm³/mol. The Kier molecular flexibility index (Phi) is 3.39. The molecule has 0 rings (SSSR count). The van der Waals surface area contributed by atoms with Gasteiger partial charge >= 0.3 is 0 Å². The van der Waals surface area contributed by atoms with Crippen molar-refractivity contribution in [2.24, 2.45) is 11.5 Å². The Labute approximate surface area is 58.6 Å². The minimum atomic E-state index is -1.08. The van der Waals surface area contributed by atoms with Crippen molar-refractivity contribution in [2.75, 3.05) is 6.54 Å². The van der Waals surface area contributed by atoms with Gasteiger partial charge in [-0.05, 0) is 18.6 Å². The first-order valence-electron chi connectivity index (χ1n) is 3.44. The molecule has 4 N–H and O–H groups in total. The predicted octanol–water partition coefficient (Wildman–Crippen LogP) is 0.540. The average molecular weight is 146 g/mol. The summed E-state index contributed by atoms with van der Waals surface area (Å²) in [5, 5.41) is 0. The molecule has 1 unspecified atom stereocenters. The fourth-order valence-corrected chi connectivity index (χ4v) is 1.65. The molecule has 56 valence electrons. The number of nitrogens with two attached hydrogens (primary N) is 2. The van der Waals surface area contributed by atoms with E-state index < -0.39 is 8.07 Å². The standard InChI is InChI=1S/C6H18N2Si/c1-9(2,3)6(8)4-5-7/h6H,4-5,7-8H2,1-3H3. The van der Waals surface area contributed by atoms with Gasteiger partial charge in [-0.25, -0.2) is 0 Å². The van der Waals surface area contributed by atoms with E-state index in [0.29, 0.717) is 5.67 Å². The molecule has 0 aliphatic heterocycles. The summed E-state index contributed by atoms with van der Waals surface area (Å²) in [6, 6.07) is 0. The summed E-state index contributed by atoms with van der Waals surface area (Å²) in [5.41, 5.74) is 11.6. The van der Waals surface area contributed by atoms with Gasteiger partial charge in [0.1, 0.15) is 0 Å². The molecule has 0 aromatic heterocycles. The lowest BCUT2D eigenvalue weighted by atomic mass is 10.4. The molecular formula is C6H18N2Si. The second-order valence-electron chi connectivity index (χ2n) is 3.55. The van der Waals surface area contributed by atoms with Crippen molar-refractivity contribution in [3.63, 3.8) is 0 Å². The molecule has 0 spiro atoms. The number of hydrogen-bond donors (Lipinski definition) is 2. The summed E-state index contributed by atoms with van der Waals surface area (Å²) in [6.45, 7) is 7.54. The first-order valence-corrected chi connectivity index (χ1v) is 7.02. The molecule has 0 aliphatic carbocycles. The van der Waals surface area contributed by atoms with Crippen molar-refractivity contribution < 1.29 is 0 Å². The van der Waals surface area contributed by atoms with Crippen molar-refractivity contribution in [1.29, 1.82) is 0 Å². The van der Waals surface area contributed by atoms with E-state index in [0.717, 1.165) is 13.0 Å². The molecule has 0 radical (unpaired) electrons. The van der Waals surface area contributed by atoms with Gasteiger partial charge < -0.3 is 11.5 Å². The molecule has 0 saturated carbocycles. The van der Waals surface area contributed by atoms with Crippen molar-refractivity contribution in [2.45, 2.75) is 31.7 Å². The van der Waals surface area contributed by atoms with Crippen molar-refractivity contribution in [3.8, 4) is 0 Å². The lowest BCUT2D eigenvalue weighted by Crippen LogP contribution is -2.46. The molecule has 0 heterocycles. The van der Waals surface area contributed by atoms with Crippen LogP contribution in [-0.2, 0) is 0 Å². The quantitative estimate of drug-likeness (QED) is 0.571. The molecule has 2 nitrogen and oxygen atoms in total. The van der Waals surface area contributed by atoms with Crippen molar-refractivity contribution in [1.82, 2.24) is 0 Å². The molecule has 0 aromatic carbocycles. The molecule has 0 amide bonds. The number of rotatable bonds is 3. The minimum Gasteiger partial charge on any atom is -0.330 e. The zero-order valence-corrected chi connectivity index (χ0v) is 7.65. The SMILES string of the molecule is C[Si](C)(C)C(N)CCN. The van der Waals surface area contributed by atoms with Crippen LogP contribution in [0.5, 0.6) is 0 Å². The highest BCUT2D eigenvalue weighted by atomic mass is 28.3. The van der Waals surface area contributed by atoms with Crippen LogP contribution in [0.15, 0.2) is 0 Å². The zero-order valence-electron chi connectivity index (χ0n) is 6.65. The van der Waals surface area contributed by atoms with E-state index in [-0.39, 0.29) is 0 Å². The first kappa shape index (κ1) is 9.14. The smallest absolute Gasteiger partial charge is 0.0632 e. The van der Waals surface area contributed by atoms with Gasteiger partial charge in [0.2, 0.25) is 0 Å². The van der Waals surface area contributed by atoms with Gasteiger partial charge in [0, 0.05) is 0 Å². The Morgan fingerprint density at radius 1 is 1.33 bits per heavy atom. The third-order valence-corrected chi connectivity index (χ3v) is 4.10. The van der Waals surface area contributed by atoms with E-state index in [1.165, 1.54) is 0 Å². The molecule has 1 atom stereocenters. The van der Waals surface area contributed by atoms with E-state index in [4.69, 9.17) is 11.5 Å². The van der Waals surface area contributed by atoms with Crippen LogP contribution in [0.25, 0.3) is 0 Å². The monoisotopic (exact) mass is 146 g/mol. The number of hydrogen-bond acceptors (Lipinski definition) is 2. The average Bonchev–Trinajstić information content (AvgIpc) is 1.64. The van der Waals surface area contributed by atoms with Crippen molar-refractivity contribution >= 4 is 8.07 Å². The lowest BCUT2D eigenvalue weighted by molar-refractivity contribution is 0.762. The minimum absolute atomic E-state index is 0.377. The fourth-order valence-electron chi connectivity index (χ4n) is 0.613. The van der Waals surface area contributed by atoms with Gasteiger partial charge in [-0.2, -0.15) is 0 Å². The third kappa shape index (κ3) is 3.67. The van der Waals surface area contributed by atoms with Crippen LogP contribution < -0.4 is 11.5 Å². The van der Waals surface area contributed by atoms with Crippen LogP contribution in [-0.4, -0.2) is 20.3 Å². The molecule has 0 fully saturated rings. The molecule has 0 bridgehead atoms. The largest absolute Gasteiger partial charge is 0.330 e. The van der Waals surface area contributed by atoms with Gasteiger partial charge in [-0.15, -0.1) is 0 Å². The maximum Gasteiger partial charge on any atom is 0.0632 e. The Balaban J connectivity index is 3.59. The maximum absolute atomic E-state index is 5.84. The van der Waals surface area contributed by atoms with Crippen LogP contribution in [0.4, 0.5) is 0 Å². The zero-order chi connectivity index (χ0) is 7.49. The van der Waals surface area contributed by atoms with Crippen LogP contribution in [0, 0.1) is 0 Å². The Morgan fingerprint density at radius 3 is 1.89 bits per heavy atom. The van der Waals surface area contributed by atoms with Gasteiger partial charge in [0.15, 0.2) is 0 Å². The normalized spacial score (nSPS) is 15.7. The summed E-state index contributed by atoms with van der Waals surface area (Å²) in [7, 11) is -1.08. The summed E-state index contributed by atoms with van der Waals surface area (Å²) in [4.78, 5) is 0. The van der Waals surface area contributed by atoms with Crippen LogP contribution in [0.3, 0.4) is 0 Å². The van der Waals surface area contributed by atoms with E-state index >= 15 is 0 Å². The topological polar surface area (TPSA) is 52.0 Å². The van der Waals surface area contributed by atoms with E-state index in [1.54, 1.807) is 0 Å². The lowest BCUT2D eigenvalue weighted by Gasteiger charge is -2.23. The highest BCUT2D eigenvalue weighted by Crippen LogP contribution is 2.06. The van der Waals surface area contributed by atoms with Gasteiger partial charge in [-0.3, -0.25) is 0 Å². The fraction of sp³-hybridized carbons (Fsp3) is 1.00.